The van der Waals surface area contributed by atoms with E-state index >= 15 is 0 Å². The van der Waals surface area contributed by atoms with E-state index in [1.807, 2.05) is 12.1 Å². The third-order valence-electron chi connectivity index (χ3n) is 2.98. The van der Waals surface area contributed by atoms with Crippen LogP contribution in [0.15, 0.2) is 48.8 Å². The second kappa shape index (κ2) is 9.14. The molecule has 0 fully saturated rings. The molecule has 0 saturated carbocycles. The smallest absolute Gasteiger partial charge is 0.340 e. The molecule has 1 heterocycles. The Morgan fingerprint density at radius 3 is 2.62 bits per heavy atom. The van der Waals surface area contributed by atoms with E-state index in [1.54, 1.807) is 37.6 Å². The molecule has 0 atom stereocenters. The monoisotopic (exact) mass is 330 g/mol. The van der Waals surface area contributed by atoms with Crippen molar-refractivity contribution in [1.29, 1.82) is 0 Å². The van der Waals surface area contributed by atoms with Crippen molar-refractivity contribution in [2.75, 3.05) is 26.9 Å². The van der Waals surface area contributed by atoms with E-state index < -0.39 is 11.9 Å². The number of methoxy groups -OCH3 is 1. The number of hydrogen-bond donors (Lipinski definition) is 1. The van der Waals surface area contributed by atoms with E-state index in [1.165, 1.54) is 6.20 Å². The van der Waals surface area contributed by atoms with Gasteiger partial charge < -0.3 is 19.5 Å². The fourth-order valence-corrected chi connectivity index (χ4v) is 1.84. The van der Waals surface area contributed by atoms with Crippen molar-refractivity contribution >= 4 is 11.9 Å². The van der Waals surface area contributed by atoms with Gasteiger partial charge >= 0.3 is 5.97 Å². The van der Waals surface area contributed by atoms with Crippen molar-refractivity contribution in [2.24, 2.45) is 0 Å². The lowest BCUT2D eigenvalue weighted by Gasteiger charge is -2.11. The van der Waals surface area contributed by atoms with Gasteiger partial charge in [-0.25, -0.2) is 4.79 Å². The average Bonchev–Trinajstić information content (AvgIpc) is 2.64. The van der Waals surface area contributed by atoms with Crippen LogP contribution in [0.25, 0.3) is 0 Å². The van der Waals surface area contributed by atoms with Crippen LogP contribution < -0.4 is 14.8 Å². The van der Waals surface area contributed by atoms with E-state index in [4.69, 9.17) is 14.2 Å². The van der Waals surface area contributed by atoms with Crippen LogP contribution in [0.3, 0.4) is 0 Å². The largest absolute Gasteiger partial charge is 0.493 e. The Morgan fingerprint density at radius 2 is 1.92 bits per heavy atom. The summed E-state index contributed by atoms with van der Waals surface area (Å²) in [7, 11) is 1.56. The third-order valence-corrected chi connectivity index (χ3v) is 2.98. The maximum absolute atomic E-state index is 11.7. The predicted molar refractivity (Wildman–Crippen MR) is 86.0 cm³/mol. The standard InChI is InChI=1S/C17H18N2O5/c1-22-14-6-2-3-7-15(14)23-10-9-19-16(20)12-24-17(21)13-5-4-8-18-11-13/h2-8,11H,9-10,12H2,1H3,(H,19,20). The number of amides is 1. The zero-order valence-corrected chi connectivity index (χ0v) is 13.2. The highest BCUT2D eigenvalue weighted by Gasteiger charge is 2.10. The van der Waals surface area contributed by atoms with Crippen LogP contribution in [0.4, 0.5) is 0 Å². The summed E-state index contributed by atoms with van der Waals surface area (Å²) in [5, 5.41) is 2.60. The molecule has 7 nitrogen and oxygen atoms in total. The van der Waals surface area contributed by atoms with Gasteiger partial charge in [0.2, 0.25) is 0 Å². The second-order valence-electron chi connectivity index (χ2n) is 4.67. The highest BCUT2D eigenvalue weighted by Crippen LogP contribution is 2.25. The summed E-state index contributed by atoms with van der Waals surface area (Å²) in [6, 6.07) is 10.4. The SMILES string of the molecule is COc1ccccc1OCCNC(=O)COC(=O)c1cccnc1. The summed E-state index contributed by atoms with van der Waals surface area (Å²) in [6.45, 7) is 0.187. The Morgan fingerprint density at radius 1 is 1.12 bits per heavy atom. The molecule has 1 aromatic carbocycles. The number of nitrogens with zero attached hydrogens (tertiary/aromatic N) is 1. The summed E-state index contributed by atoms with van der Waals surface area (Å²) < 4.78 is 15.6. The first kappa shape index (κ1) is 17.3. The van der Waals surface area contributed by atoms with Crippen LogP contribution in [0, 0.1) is 0 Å². The predicted octanol–water partition coefficient (Wildman–Crippen LogP) is 1.44. The maximum atomic E-state index is 11.7. The molecule has 0 bridgehead atoms. The third kappa shape index (κ3) is 5.28. The zero-order chi connectivity index (χ0) is 17.2. The van der Waals surface area contributed by atoms with Crippen LogP contribution in [-0.4, -0.2) is 43.7 Å². The minimum Gasteiger partial charge on any atom is -0.493 e. The molecule has 1 N–H and O–H groups in total. The van der Waals surface area contributed by atoms with Crippen molar-refractivity contribution in [3.63, 3.8) is 0 Å². The van der Waals surface area contributed by atoms with E-state index in [0.29, 0.717) is 17.1 Å². The highest BCUT2D eigenvalue weighted by molar-refractivity contribution is 5.90. The average molecular weight is 330 g/mol. The van der Waals surface area contributed by atoms with Crippen molar-refractivity contribution < 1.29 is 23.8 Å². The summed E-state index contributed by atoms with van der Waals surface area (Å²) >= 11 is 0. The number of aromatic nitrogens is 1. The van der Waals surface area contributed by atoms with Gasteiger partial charge in [0, 0.05) is 12.4 Å². The van der Waals surface area contributed by atoms with Gasteiger partial charge in [-0.1, -0.05) is 12.1 Å². The molecule has 7 heteroatoms. The quantitative estimate of drug-likeness (QED) is 0.582. The highest BCUT2D eigenvalue weighted by atomic mass is 16.5. The first-order valence-electron chi connectivity index (χ1n) is 7.30. The molecule has 2 rings (SSSR count). The molecule has 24 heavy (non-hydrogen) atoms. The Balaban J connectivity index is 1.66. The van der Waals surface area contributed by atoms with Crippen molar-refractivity contribution in [1.82, 2.24) is 10.3 Å². The number of nitrogens with one attached hydrogen (secondary N) is 1. The summed E-state index contributed by atoms with van der Waals surface area (Å²) in [5.41, 5.74) is 0.296. The second-order valence-corrected chi connectivity index (χ2v) is 4.67. The Kier molecular flexibility index (Phi) is 6.58. The molecule has 0 aliphatic heterocycles. The van der Waals surface area contributed by atoms with Gasteiger partial charge in [0.25, 0.3) is 5.91 Å². The van der Waals surface area contributed by atoms with Crippen LogP contribution in [0.1, 0.15) is 10.4 Å². The van der Waals surface area contributed by atoms with Gasteiger partial charge in [-0.05, 0) is 24.3 Å². The minimum atomic E-state index is -0.594. The minimum absolute atomic E-state index is 0.267. The van der Waals surface area contributed by atoms with Crippen LogP contribution in [0.2, 0.25) is 0 Å². The lowest BCUT2D eigenvalue weighted by molar-refractivity contribution is -0.124. The lowest BCUT2D eigenvalue weighted by atomic mass is 10.3. The molecule has 1 amide bonds. The fraction of sp³-hybridized carbons (Fsp3) is 0.235. The van der Waals surface area contributed by atoms with E-state index in [0.717, 1.165) is 0 Å². The summed E-state index contributed by atoms with van der Waals surface area (Å²) in [4.78, 5) is 27.1. The van der Waals surface area contributed by atoms with Gasteiger partial charge in [0.15, 0.2) is 18.1 Å². The van der Waals surface area contributed by atoms with E-state index in [2.05, 4.69) is 10.3 Å². The van der Waals surface area contributed by atoms with E-state index in [9.17, 15) is 9.59 Å². The number of para-hydroxylation sites is 2. The van der Waals surface area contributed by atoms with Crippen LogP contribution in [-0.2, 0) is 9.53 Å². The number of benzene rings is 1. The number of rotatable bonds is 8. The number of carbonyl (C=O) groups excluding carboxylic acids is 2. The molecule has 0 radical (unpaired) electrons. The molecule has 0 aliphatic carbocycles. The Hall–Kier alpha value is -3.09. The van der Waals surface area contributed by atoms with Crippen molar-refractivity contribution in [3.05, 3.63) is 54.4 Å². The Bertz CT molecular complexity index is 676. The number of carbonyl (C=O) groups is 2. The first-order chi connectivity index (χ1) is 11.7. The van der Waals surface area contributed by atoms with Crippen LogP contribution >= 0.6 is 0 Å². The normalized spacial score (nSPS) is 9.88. The topological polar surface area (TPSA) is 86.8 Å². The maximum Gasteiger partial charge on any atom is 0.340 e. The Labute approximate surface area is 139 Å². The fourth-order valence-electron chi connectivity index (χ4n) is 1.84. The van der Waals surface area contributed by atoms with Gasteiger partial charge in [0.1, 0.15) is 6.61 Å². The molecule has 0 spiro atoms. The number of ether oxygens (including phenoxy) is 3. The molecule has 0 unspecified atom stereocenters. The number of pyridine rings is 1. The van der Waals surface area contributed by atoms with Crippen molar-refractivity contribution in [3.8, 4) is 11.5 Å². The van der Waals surface area contributed by atoms with Crippen LogP contribution in [0.5, 0.6) is 11.5 Å². The molecule has 2 aromatic rings. The number of esters is 1. The van der Waals surface area contributed by atoms with Gasteiger partial charge in [0.05, 0.1) is 19.2 Å². The van der Waals surface area contributed by atoms with Crippen molar-refractivity contribution in [2.45, 2.75) is 0 Å². The first-order valence-corrected chi connectivity index (χ1v) is 7.30. The lowest BCUT2D eigenvalue weighted by Crippen LogP contribution is -2.32. The molecule has 0 saturated heterocycles. The van der Waals surface area contributed by atoms with Gasteiger partial charge in [-0.3, -0.25) is 9.78 Å². The molecule has 0 aliphatic rings. The number of hydrogen-bond acceptors (Lipinski definition) is 6. The molecule has 126 valence electrons. The zero-order valence-electron chi connectivity index (χ0n) is 13.2. The molecular formula is C17H18N2O5. The summed E-state index contributed by atoms with van der Waals surface area (Å²) in [6.07, 6.45) is 2.92. The molecule has 1 aromatic heterocycles. The molecular weight excluding hydrogens is 312 g/mol. The van der Waals surface area contributed by atoms with Gasteiger partial charge in [-0.15, -0.1) is 0 Å². The van der Waals surface area contributed by atoms with E-state index in [-0.39, 0.29) is 19.8 Å². The summed E-state index contributed by atoms with van der Waals surface area (Å²) in [5.74, 6) is 0.214. The van der Waals surface area contributed by atoms with Gasteiger partial charge in [-0.2, -0.15) is 0 Å².